The smallest absolute Gasteiger partial charge is 0.338 e. The number of halogens is 1. The molecule has 0 atom stereocenters. The third-order valence-corrected chi connectivity index (χ3v) is 3.47. The number of nitrogens with zero attached hydrogens (tertiary/aromatic N) is 3. The summed E-state index contributed by atoms with van der Waals surface area (Å²) >= 11 is 6.14. The molecule has 0 saturated heterocycles. The van der Waals surface area contributed by atoms with Crippen LogP contribution in [-0.4, -0.2) is 25.8 Å². The third-order valence-electron chi connectivity index (χ3n) is 3.08. The second-order valence-corrected chi connectivity index (χ2v) is 4.88. The van der Waals surface area contributed by atoms with Crippen LogP contribution < -0.4 is 0 Å². The molecule has 0 aromatic carbocycles. The van der Waals surface area contributed by atoms with Gasteiger partial charge in [0.1, 0.15) is 0 Å². The van der Waals surface area contributed by atoms with E-state index < -0.39 is 5.97 Å². The van der Waals surface area contributed by atoms with Gasteiger partial charge in [0, 0.05) is 12.7 Å². The molecule has 0 amide bonds. The Kier molecular flexibility index (Phi) is 4.04. The molecule has 0 unspecified atom stereocenters. The SMILES string of the molecule is CCCCCn1nc(C)c2c(Cl)c(C(=O)O)cnc21. The van der Waals surface area contributed by atoms with Crippen LogP contribution in [0.1, 0.15) is 42.2 Å². The molecule has 2 rings (SSSR count). The van der Waals surface area contributed by atoms with E-state index in [2.05, 4.69) is 17.0 Å². The van der Waals surface area contributed by atoms with E-state index in [-0.39, 0.29) is 10.6 Å². The average Bonchev–Trinajstić information content (AvgIpc) is 2.67. The molecular formula is C13H16ClN3O2. The number of fused-ring (bicyclic) bond motifs is 1. The summed E-state index contributed by atoms with van der Waals surface area (Å²) in [5.41, 5.74) is 1.39. The molecule has 2 aromatic heterocycles. The fourth-order valence-corrected chi connectivity index (χ4v) is 2.44. The van der Waals surface area contributed by atoms with Crippen molar-refractivity contribution in [2.24, 2.45) is 0 Å². The zero-order chi connectivity index (χ0) is 14.0. The minimum atomic E-state index is -1.07. The van der Waals surface area contributed by atoms with Crippen molar-refractivity contribution in [3.63, 3.8) is 0 Å². The number of hydrogen-bond acceptors (Lipinski definition) is 3. The zero-order valence-electron chi connectivity index (χ0n) is 11.0. The molecule has 1 N–H and O–H groups in total. The van der Waals surface area contributed by atoms with E-state index in [0.29, 0.717) is 16.7 Å². The number of carbonyl (C=O) groups is 1. The minimum Gasteiger partial charge on any atom is -0.478 e. The Labute approximate surface area is 116 Å². The number of carboxylic acids is 1. The van der Waals surface area contributed by atoms with Gasteiger partial charge in [-0.1, -0.05) is 31.4 Å². The molecule has 0 aliphatic heterocycles. The average molecular weight is 282 g/mol. The first-order valence-corrected chi connectivity index (χ1v) is 6.69. The van der Waals surface area contributed by atoms with Gasteiger partial charge in [0.15, 0.2) is 5.65 Å². The molecular weight excluding hydrogens is 266 g/mol. The Morgan fingerprint density at radius 3 is 2.84 bits per heavy atom. The number of unbranched alkanes of at least 4 members (excludes halogenated alkanes) is 2. The lowest BCUT2D eigenvalue weighted by molar-refractivity contribution is 0.0697. The minimum absolute atomic E-state index is 0.0189. The number of carboxylic acid groups (broad SMARTS) is 1. The van der Waals surface area contributed by atoms with E-state index >= 15 is 0 Å². The quantitative estimate of drug-likeness (QED) is 0.854. The first kappa shape index (κ1) is 13.8. The van der Waals surface area contributed by atoms with Crippen molar-refractivity contribution in [2.45, 2.75) is 39.7 Å². The number of aryl methyl sites for hydroxylation is 2. The van der Waals surface area contributed by atoms with Crippen molar-refractivity contribution in [1.82, 2.24) is 14.8 Å². The first-order chi connectivity index (χ1) is 9.06. The highest BCUT2D eigenvalue weighted by Crippen LogP contribution is 2.28. The van der Waals surface area contributed by atoms with E-state index in [1.165, 1.54) is 6.20 Å². The lowest BCUT2D eigenvalue weighted by Crippen LogP contribution is -2.03. The van der Waals surface area contributed by atoms with E-state index in [9.17, 15) is 4.79 Å². The van der Waals surface area contributed by atoms with Crippen LogP contribution >= 0.6 is 11.6 Å². The molecule has 0 fully saturated rings. The highest BCUT2D eigenvalue weighted by molar-refractivity contribution is 6.38. The summed E-state index contributed by atoms with van der Waals surface area (Å²) in [6, 6.07) is 0. The molecule has 2 aromatic rings. The van der Waals surface area contributed by atoms with E-state index in [0.717, 1.165) is 25.8 Å². The van der Waals surface area contributed by atoms with Gasteiger partial charge in [0.25, 0.3) is 0 Å². The fraction of sp³-hybridized carbons (Fsp3) is 0.462. The van der Waals surface area contributed by atoms with Crippen LogP contribution in [0.3, 0.4) is 0 Å². The largest absolute Gasteiger partial charge is 0.478 e. The number of pyridine rings is 1. The van der Waals surface area contributed by atoms with Gasteiger partial charge in [-0.3, -0.25) is 0 Å². The van der Waals surface area contributed by atoms with Crippen molar-refractivity contribution in [3.8, 4) is 0 Å². The number of hydrogen-bond donors (Lipinski definition) is 1. The van der Waals surface area contributed by atoms with Crippen molar-refractivity contribution in [1.29, 1.82) is 0 Å². The number of aromatic nitrogens is 3. The van der Waals surface area contributed by atoms with Gasteiger partial charge >= 0.3 is 5.97 Å². The third kappa shape index (κ3) is 2.56. The maximum Gasteiger partial charge on any atom is 0.338 e. The summed E-state index contributed by atoms with van der Waals surface area (Å²) in [5, 5.41) is 14.3. The molecule has 2 heterocycles. The summed E-state index contributed by atoms with van der Waals surface area (Å²) in [7, 11) is 0. The molecule has 0 aliphatic carbocycles. The van der Waals surface area contributed by atoms with Gasteiger partial charge in [-0.05, 0) is 13.3 Å². The standard InChI is InChI=1S/C13H16ClN3O2/c1-3-4-5-6-17-12-10(8(2)16-17)11(14)9(7-15-12)13(18)19/h7H,3-6H2,1-2H3,(H,18,19). The van der Waals surface area contributed by atoms with Crippen molar-refractivity contribution < 1.29 is 9.90 Å². The van der Waals surface area contributed by atoms with Gasteiger partial charge in [-0.2, -0.15) is 5.10 Å². The second-order valence-electron chi connectivity index (χ2n) is 4.51. The van der Waals surface area contributed by atoms with Crippen LogP contribution in [0.4, 0.5) is 0 Å². The van der Waals surface area contributed by atoms with Crippen LogP contribution in [-0.2, 0) is 6.54 Å². The summed E-state index contributed by atoms with van der Waals surface area (Å²) in [6.45, 7) is 4.73. The number of rotatable bonds is 5. The predicted octanol–water partition coefficient (Wildman–Crippen LogP) is 3.28. The maximum atomic E-state index is 11.0. The lowest BCUT2D eigenvalue weighted by atomic mass is 10.2. The molecule has 19 heavy (non-hydrogen) atoms. The van der Waals surface area contributed by atoms with Gasteiger partial charge in [-0.25, -0.2) is 14.5 Å². The van der Waals surface area contributed by atoms with E-state index in [1.807, 2.05) is 6.92 Å². The van der Waals surface area contributed by atoms with Crippen molar-refractivity contribution >= 4 is 28.6 Å². The van der Waals surface area contributed by atoms with Crippen LogP contribution in [0, 0.1) is 6.92 Å². The van der Waals surface area contributed by atoms with Crippen LogP contribution in [0.5, 0.6) is 0 Å². The molecule has 0 saturated carbocycles. The highest BCUT2D eigenvalue weighted by Gasteiger charge is 2.18. The molecule has 0 radical (unpaired) electrons. The molecule has 5 nitrogen and oxygen atoms in total. The Bertz CT molecular complexity index is 622. The Balaban J connectivity index is 2.48. The lowest BCUT2D eigenvalue weighted by Gasteiger charge is -2.03. The summed E-state index contributed by atoms with van der Waals surface area (Å²) in [4.78, 5) is 15.2. The Morgan fingerprint density at radius 2 is 2.21 bits per heavy atom. The summed E-state index contributed by atoms with van der Waals surface area (Å²) < 4.78 is 1.80. The van der Waals surface area contributed by atoms with E-state index in [1.54, 1.807) is 4.68 Å². The first-order valence-electron chi connectivity index (χ1n) is 6.31. The maximum absolute atomic E-state index is 11.0. The molecule has 0 aliphatic rings. The topological polar surface area (TPSA) is 68.0 Å². The fourth-order valence-electron chi connectivity index (χ4n) is 2.09. The highest BCUT2D eigenvalue weighted by atomic mass is 35.5. The second kappa shape index (κ2) is 5.57. The predicted molar refractivity (Wildman–Crippen MR) is 73.8 cm³/mol. The Morgan fingerprint density at radius 1 is 1.47 bits per heavy atom. The van der Waals surface area contributed by atoms with Gasteiger partial charge in [0.2, 0.25) is 0 Å². The van der Waals surface area contributed by atoms with Crippen LogP contribution in [0.15, 0.2) is 6.20 Å². The number of aromatic carboxylic acids is 1. The van der Waals surface area contributed by atoms with Crippen LogP contribution in [0.25, 0.3) is 11.0 Å². The van der Waals surface area contributed by atoms with E-state index in [4.69, 9.17) is 16.7 Å². The normalized spacial score (nSPS) is 11.1. The Hall–Kier alpha value is -1.62. The van der Waals surface area contributed by atoms with Gasteiger partial charge in [-0.15, -0.1) is 0 Å². The van der Waals surface area contributed by atoms with Crippen molar-refractivity contribution in [2.75, 3.05) is 0 Å². The van der Waals surface area contributed by atoms with Crippen LogP contribution in [0.2, 0.25) is 5.02 Å². The molecule has 102 valence electrons. The van der Waals surface area contributed by atoms with Gasteiger partial charge < -0.3 is 5.11 Å². The molecule has 0 bridgehead atoms. The molecule has 0 spiro atoms. The summed E-state index contributed by atoms with van der Waals surface area (Å²) in [5.74, 6) is -1.07. The van der Waals surface area contributed by atoms with Crippen molar-refractivity contribution in [3.05, 3.63) is 22.5 Å². The monoisotopic (exact) mass is 281 g/mol. The summed E-state index contributed by atoms with van der Waals surface area (Å²) in [6.07, 6.45) is 4.58. The molecule has 6 heteroatoms. The van der Waals surface area contributed by atoms with Gasteiger partial charge in [0.05, 0.1) is 21.7 Å². The zero-order valence-corrected chi connectivity index (χ0v) is 11.7.